The van der Waals surface area contributed by atoms with Crippen LogP contribution in [-0.2, 0) is 16.1 Å². The second-order valence-electron chi connectivity index (χ2n) is 4.94. The van der Waals surface area contributed by atoms with Crippen molar-refractivity contribution < 1.29 is 13.9 Å². The number of carbonyl (C=O) groups is 1. The predicted octanol–water partition coefficient (Wildman–Crippen LogP) is 1.55. The lowest BCUT2D eigenvalue weighted by Crippen LogP contribution is -2.43. The first kappa shape index (κ1) is 15.7. The van der Waals surface area contributed by atoms with E-state index in [0.717, 1.165) is 12.4 Å². The molecule has 1 aromatic rings. The Morgan fingerprint density at radius 1 is 1.42 bits per heavy atom. The molecule has 1 unspecified atom stereocenters. The molecule has 0 saturated heterocycles. The lowest BCUT2D eigenvalue weighted by atomic mass is 10.2. The van der Waals surface area contributed by atoms with Gasteiger partial charge in [0.05, 0.1) is 25.5 Å². The molecule has 19 heavy (non-hydrogen) atoms. The average molecular weight is 268 g/mol. The van der Waals surface area contributed by atoms with Gasteiger partial charge in [0.1, 0.15) is 5.76 Å². The molecule has 5 nitrogen and oxygen atoms in total. The molecule has 0 aromatic carbocycles. The second kappa shape index (κ2) is 8.72. The van der Waals surface area contributed by atoms with Crippen molar-refractivity contribution in [1.29, 1.82) is 0 Å². The molecule has 1 amide bonds. The molecule has 108 valence electrons. The number of rotatable bonds is 9. The van der Waals surface area contributed by atoms with Crippen molar-refractivity contribution in [3.8, 4) is 0 Å². The van der Waals surface area contributed by atoms with Gasteiger partial charge in [-0.2, -0.15) is 0 Å². The van der Waals surface area contributed by atoms with Crippen LogP contribution in [0.2, 0.25) is 0 Å². The summed E-state index contributed by atoms with van der Waals surface area (Å²) in [5, 5.41) is 5.93. The van der Waals surface area contributed by atoms with Crippen LogP contribution in [0.5, 0.6) is 0 Å². The number of hydrogen-bond donors (Lipinski definition) is 2. The number of hydrogen-bond acceptors (Lipinski definition) is 4. The maximum absolute atomic E-state index is 11.8. The summed E-state index contributed by atoms with van der Waals surface area (Å²) in [5.41, 5.74) is 0. The quantitative estimate of drug-likeness (QED) is 0.667. The zero-order chi connectivity index (χ0) is 14.1. The summed E-state index contributed by atoms with van der Waals surface area (Å²) >= 11 is 0. The topological polar surface area (TPSA) is 63.5 Å². The molecule has 0 aliphatic rings. The Hall–Kier alpha value is -1.33. The molecule has 0 fully saturated rings. The minimum atomic E-state index is -0.238. The highest BCUT2D eigenvalue weighted by Gasteiger charge is 2.11. The summed E-state index contributed by atoms with van der Waals surface area (Å²) in [5.74, 6) is 1.25. The van der Waals surface area contributed by atoms with Crippen molar-refractivity contribution in [1.82, 2.24) is 10.6 Å². The summed E-state index contributed by atoms with van der Waals surface area (Å²) in [6.07, 6.45) is 1.59. The molecule has 0 saturated carbocycles. The highest BCUT2D eigenvalue weighted by atomic mass is 16.5. The Labute approximate surface area is 114 Å². The summed E-state index contributed by atoms with van der Waals surface area (Å²) in [6.45, 7) is 8.51. The van der Waals surface area contributed by atoms with Gasteiger partial charge < -0.3 is 19.8 Å². The normalized spacial score (nSPS) is 12.6. The molecule has 0 radical (unpaired) electrons. The summed E-state index contributed by atoms with van der Waals surface area (Å²) in [7, 11) is 0. The monoisotopic (exact) mass is 268 g/mol. The van der Waals surface area contributed by atoms with Crippen molar-refractivity contribution in [3.05, 3.63) is 24.2 Å². The molecular weight excluding hydrogens is 244 g/mol. The van der Waals surface area contributed by atoms with Gasteiger partial charge in [0.25, 0.3) is 0 Å². The van der Waals surface area contributed by atoms with Crippen LogP contribution in [0, 0.1) is 5.92 Å². The van der Waals surface area contributed by atoms with Crippen molar-refractivity contribution in [2.45, 2.75) is 33.4 Å². The third-order valence-electron chi connectivity index (χ3n) is 2.56. The van der Waals surface area contributed by atoms with E-state index >= 15 is 0 Å². The maximum Gasteiger partial charge on any atom is 0.237 e. The highest BCUT2D eigenvalue weighted by molar-refractivity contribution is 5.81. The minimum absolute atomic E-state index is 0.0414. The van der Waals surface area contributed by atoms with Gasteiger partial charge in [0.15, 0.2) is 0 Å². The van der Waals surface area contributed by atoms with E-state index in [9.17, 15) is 4.79 Å². The Morgan fingerprint density at radius 2 is 2.21 bits per heavy atom. The van der Waals surface area contributed by atoms with Crippen LogP contribution in [0.3, 0.4) is 0 Å². The molecule has 0 aliphatic heterocycles. The van der Waals surface area contributed by atoms with Crippen molar-refractivity contribution in [2.24, 2.45) is 5.92 Å². The fraction of sp³-hybridized carbons (Fsp3) is 0.643. The SMILES string of the molecule is CC(C)COCCNC(C)C(=O)NCc1ccco1. The van der Waals surface area contributed by atoms with Crippen LogP contribution in [0.4, 0.5) is 0 Å². The van der Waals surface area contributed by atoms with Crippen LogP contribution in [0.25, 0.3) is 0 Å². The molecule has 5 heteroatoms. The van der Waals surface area contributed by atoms with E-state index in [1.165, 1.54) is 0 Å². The van der Waals surface area contributed by atoms with E-state index in [1.54, 1.807) is 12.3 Å². The van der Waals surface area contributed by atoms with Crippen LogP contribution < -0.4 is 10.6 Å². The molecule has 1 atom stereocenters. The molecule has 0 bridgehead atoms. The second-order valence-corrected chi connectivity index (χ2v) is 4.94. The number of carbonyl (C=O) groups excluding carboxylic acids is 1. The van der Waals surface area contributed by atoms with Crippen LogP contribution >= 0.6 is 0 Å². The molecule has 1 rings (SSSR count). The number of furan rings is 1. The third-order valence-corrected chi connectivity index (χ3v) is 2.56. The van der Waals surface area contributed by atoms with Gasteiger partial charge in [0, 0.05) is 13.2 Å². The summed E-state index contributed by atoms with van der Waals surface area (Å²) in [4.78, 5) is 11.8. The summed E-state index contributed by atoms with van der Waals surface area (Å²) < 4.78 is 10.6. The van der Waals surface area contributed by atoms with Crippen LogP contribution in [0.1, 0.15) is 26.5 Å². The lowest BCUT2D eigenvalue weighted by Gasteiger charge is -2.14. The fourth-order valence-corrected chi connectivity index (χ4v) is 1.50. The molecule has 1 heterocycles. The van der Waals surface area contributed by atoms with E-state index in [2.05, 4.69) is 24.5 Å². The third kappa shape index (κ3) is 6.98. The standard InChI is InChI=1S/C14H24N2O3/c1-11(2)10-18-8-6-15-12(3)14(17)16-9-13-5-4-7-19-13/h4-5,7,11-12,15H,6,8-10H2,1-3H3,(H,16,17). The van der Waals surface area contributed by atoms with Crippen molar-refractivity contribution >= 4 is 5.91 Å². The van der Waals surface area contributed by atoms with E-state index in [0.29, 0.717) is 25.6 Å². The molecule has 2 N–H and O–H groups in total. The Balaban J connectivity index is 2.08. The van der Waals surface area contributed by atoms with Gasteiger partial charge in [-0.15, -0.1) is 0 Å². The Kier molecular flexibility index (Phi) is 7.22. The molecule has 1 aromatic heterocycles. The molecular formula is C14H24N2O3. The van der Waals surface area contributed by atoms with Crippen molar-refractivity contribution in [3.63, 3.8) is 0 Å². The van der Waals surface area contributed by atoms with Gasteiger partial charge in [0.2, 0.25) is 5.91 Å². The largest absolute Gasteiger partial charge is 0.467 e. The van der Waals surface area contributed by atoms with Gasteiger partial charge in [-0.05, 0) is 25.0 Å². The van der Waals surface area contributed by atoms with Gasteiger partial charge in [-0.1, -0.05) is 13.8 Å². The average Bonchev–Trinajstić information content (AvgIpc) is 2.88. The maximum atomic E-state index is 11.8. The summed E-state index contributed by atoms with van der Waals surface area (Å²) in [6, 6.07) is 3.39. The molecule has 0 aliphatic carbocycles. The fourth-order valence-electron chi connectivity index (χ4n) is 1.50. The van der Waals surface area contributed by atoms with Crippen molar-refractivity contribution in [2.75, 3.05) is 19.8 Å². The van der Waals surface area contributed by atoms with E-state index in [4.69, 9.17) is 9.15 Å². The van der Waals surface area contributed by atoms with E-state index < -0.39 is 0 Å². The molecule has 0 spiro atoms. The van der Waals surface area contributed by atoms with Crippen LogP contribution in [-0.4, -0.2) is 31.7 Å². The van der Waals surface area contributed by atoms with E-state index in [1.807, 2.05) is 13.0 Å². The smallest absolute Gasteiger partial charge is 0.237 e. The first-order valence-electron chi connectivity index (χ1n) is 6.70. The van der Waals surface area contributed by atoms with Gasteiger partial charge >= 0.3 is 0 Å². The lowest BCUT2D eigenvalue weighted by molar-refractivity contribution is -0.123. The predicted molar refractivity (Wildman–Crippen MR) is 73.7 cm³/mol. The van der Waals surface area contributed by atoms with Gasteiger partial charge in [-0.3, -0.25) is 4.79 Å². The Bertz CT molecular complexity index is 350. The zero-order valence-corrected chi connectivity index (χ0v) is 11.9. The number of nitrogens with one attached hydrogen (secondary N) is 2. The highest BCUT2D eigenvalue weighted by Crippen LogP contribution is 1.98. The number of ether oxygens (including phenoxy) is 1. The Morgan fingerprint density at radius 3 is 2.84 bits per heavy atom. The zero-order valence-electron chi connectivity index (χ0n) is 11.9. The van der Waals surface area contributed by atoms with E-state index in [-0.39, 0.29) is 11.9 Å². The first-order valence-corrected chi connectivity index (χ1v) is 6.70. The van der Waals surface area contributed by atoms with Crippen LogP contribution in [0.15, 0.2) is 22.8 Å². The minimum Gasteiger partial charge on any atom is -0.467 e. The number of amides is 1. The van der Waals surface area contributed by atoms with Gasteiger partial charge in [-0.25, -0.2) is 0 Å². The first-order chi connectivity index (χ1) is 9.09.